The molecule has 16 heavy (non-hydrogen) atoms. The van der Waals surface area contributed by atoms with Crippen molar-refractivity contribution in [2.45, 2.75) is 11.8 Å². The summed E-state index contributed by atoms with van der Waals surface area (Å²) in [5, 5.41) is 3.86. The molecule has 4 heteroatoms. The third-order valence-corrected chi connectivity index (χ3v) is 2.99. The molecule has 0 amide bonds. The molecule has 2 aromatic rings. The molecule has 1 aromatic carbocycles. The number of hydrogen-bond acceptors (Lipinski definition) is 4. The van der Waals surface area contributed by atoms with Crippen molar-refractivity contribution in [2.24, 2.45) is 0 Å². The molecule has 82 valence electrons. The summed E-state index contributed by atoms with van der Waals surface area (Å²) in [5.74, 6) is 0.184. The highest BCUT2D eigenvalue weighted by molar-refractivity contribution is 7.98. The molecule has 0 saturated heterocycles. The van der Waals surface area contributed by atoms with Gasteiger partial charge in [0.05, 0.1) is 0 Å². The first kappa shape index (κ1) is 11.0. The lowest BCUT2D eigenvalue weighted by molar-refractivity contribution is 0.0978. The molecule has 0 aliphatic rings. The summed E-state index contributed by atoms with van der Waals surface area (Å²) in [4.78, 5) is 12.2. The maximum Gasteiger partial charge on any atom is 0.202 e. The van der Waals surface area contributed by atoms with Crippen LogP contribution in [0.3, 0.4) is 0 Å². The van der Waals surface area contributed by atoms with Gasteiger partial charge in [0.1, 0.15) is 5.69 Å². The van der Waals surface area contributed by atoms with E-state index in [0.717, 1.165) is 5.56 Å². The fourth-order valence-electron chi connectivity index (χ4n) is 1.34. The molecular weight excluding hydrogens is 222 g/mol. The van der Waals surface area contributed by atoms with E-state index in [1.807, 2.05) is 30.5 Å². The highest BCUT2D eigenvalue weighted by atomic mass is 32.2. The van der Waals surface area contributed by atoms with E-state index >= 15 is 0 Å². The van der Waals surface area contributed by atoms with E-state index in [1.165, 1.54) is 11.8 Å². The maximum absolute atomic E-state index is 11.1. The fourth-order valence-corrected chi connectivity index (χ4v) is 1.75. The number of ketones is 1. The van der Waals surface area contributed by atoms with Gasteiger partial charge in [-0.05, 0) is 18.4 Å². The molecule has 0 saturated carbocycles. The van der Waals surface area contributed by atoms with Gasteiger partial charge in [0.25, 0.3) is 0 Å². The van der Waals surface area contributed by atoms with Gasteiger partial charge >= 0.3 is 0 Å². The van der Waals surface area contributed by atoms with Crippen LogP contribution in [0.2, 0.25) is 0 Å². The Morgan fingerprint density at radius 2 is 2.00 bits per heavy atom. The summed E-state index contributed by atoms with van der Waals surface area (Å²) in [5.41, 5.74) is 1.65. The lowest BCUT2D eigenvalue weighted by Crippen LogP contribution is -1.86. The number of benzene rings is 1. The normalized spacial score (nSPS) is 10.4. The van der Waals surface area contributed by atoms with Crippen LogP contribution < -0.4 is 0 Å². The zero-order valence-electron chi connectivity index (χ0n) is 9.06. The molecule has 0 spiro atoms. The summed E-state index contributed by atoms with van der Waals surface area (Å²) >= 11 is 1.68. The van der Waals surface area contributed by atoms with Crippen molar-refractivity contribution < 1.29 is 9.32 Å². The Kier molecular flexibility index (Phi) is 3.10. The first-order valence-corrected chi connectivity index (χ1v) is 6.05. The molecule has 1 aromatic heterocycles. The average molecular weight is 233 g/mol. The molecule has 0 atom stereocenters. The Morgan fingerprint density at radius 1 is 1.31 bits per heavy atom. The second kappa shape index (κ2) is 4.53. The largest absolute Gasteiger partial charge is 0.353 e. The summed E-state index contributed by atoms with van der Waals surface area (Å²) in [6.07, 6.45) is 2.03. The molecular formula is C12H11NO2S. The van der Waals surface area contributed by atoms with Crippen LogP contribution in [0.15, 0.2) is 39.8 Å². The van der Waals surface area contributed by atoms with Crippen molar-refractivity contribution in [1.29, 1.82) is 0 Å². The number of aromatic nitrogens is 1. The molecule has 3 nitrogen and oxygen atoms in total. The molecule has 2 rings (SSSR count). The predicted octanol–water partition coefficient (Wildman–Crippen LogP) is 3.27. The van der Waals surface area contributed by atoms with E-state index in [1.54, 1.807) is 17.8 Å². The number of Topliss-reactive ketones (excluding diaryl/α,β-unsaturated/α-hetero) is 1. The van der Waals surface area contributed by atoms with Crippen molar-refractivity contribution in [3.63, 3.8) is 0 Å². The zero-order valence-corrected chi connectivity index (χ0v) is 9.88. The van der Waals surface area contributed by atoms with Gasteiger partial charge in [0, 0.05) is 23.4 Å². The lowest BCUT2D eigenvalue weighted by Gasteiger charge is -1.97. The number of carbonyl (C=O) groups is 1. The van der Waals surface area contributed by atoms with E-state index in [9.17, 15) is 4.79 Å². The second-order valence-corrected chi connectivity index (χ2v) is 4.24. The Labute approximate surface area is 97.8 Å². The van der Waals surface area contributed by atoms with Gasteiger partial charge in [0.15, 0.2) is 5.78 Å². The van der Waals surface area contributed by atoms with Crippen LogP contribution >= 0.6 is 11.8 Å². The van der Waals surface area contributed by atoms with Crippen LogP contribution in [0.5, 0.6) is 0 Å². The SMILES string of the molecule is CSc1ccc(-c2cc(C(C)=O)on2)cc1. The molecule has 0 radical (unpaired) electrons. The number of carbonyl (C=O) groups excluding carboxylic acids is 1. The van der Waals surface area contributed by atoms with Crippen LogP contribution in [0.4, 0.5) is 0 Å². The number of rotatable bonds is 3. The predicted molar refractivity (Wildman–Crippen MR) is 63.7 cm³/mol. The Hall–Kier alpha value is -1.55. The van der Waals surface area contributed by atoms with Crippen LogP contribution in [0.1, 0.15) is 17.5 Å². The van der Waals surface area contributed by atoms with Gasteiger partial charge in [-0.3, -0.25) is 4.79 Å². The summed E-state index contributed by atoms with van der Waals surface area (Å²) in [7, 11) is 0. The van der Waals surface area contributed by atoms with Crippen LogP contribution in [0, 0.1) is 0 Å². The smallest absolute Gasteiger partial charge is 0.202 e. The van der Waals surface area contributed by atoms with Crippen LogP contribution in [0.25, 0.3) is 11.3 Å². The molecule has 0 fully saturated rings. The Bertz CT molecular complexity index is 502. The van der Waals surface area contributed by atoms with E-state index in [2.05, 4.69) is 5.16 Å². The number of nitrogens with zero attached hydrogens (tertiary/aromatic N) is 1. The summed E-state index contributed by atoms with van der Waals surface area (Å²) in [6.45, 7) is 1.46. The van der Waals surface area contributed by atoms with Gasteiger partial charge < -0.3 is 4.52 Å². The first-order valence-electron chi connectivity index (χ1n) is 4.83. The minimum absolute atomic E-state index is 0.112. The molecule has 0 N–H and O–H groups in total. The van der Waals surface area contributed by atoms with Crippen molar-refractivity contribution in [2.75, 3.05) is 6.26 Å². The van der Waals surface area contributed by atoms with E-state index in [0.29, 0.717) is 11.5 Å². The molecule has 0 unspecified atom stereocenters. The van der Waals surface area contributed by atoms with E-state index in [4.69, 9.17) is 4.52 Å². The minimum atomic E-state index is -0.112. The molecule has 0 aliphatic carbocycles. The minimum Gasteiger partial charge on any atom is -0.353 e. The fraction of sp³-hybridized carbons (Fsp3) is 0.167. The third-order valence-electron chi connectivity index (χ3n) is 2.24. The summed E-state index contributed by atoms with van der Waals surface area (Å²) in [6, 6.07) is 9.63. The van der Waals surface area contributed by atoms with Crippen molar-refractivity contribution in [3.05, 3.63) is 36.1 Å². The monoisotopic (exact) mass is 233 g/mol. The molecule has 0 bridgehead atoms. The van der Waals surface area contributed by atoms with Gasteiger partial charge in [-0.15, -0.1) is 11.8 Å². The zero-order chi connectivity index (χ0) is 11.5. The quantitative estimate of drug-likeness (QED) is 0.602. The van der Waals surface area contributed by atoms with Gasteiger partial charge in [-0.1, -0.05) is 17.3 Å². The van der Waals surface area contributed by atoms with Crippen LogP contribution in [-0.2, 0) is 0 Å². The molecule has 1 heterocycles. The average Bonchev–Trinajstić information content (AvgIpc) is 2.78. The highest BCUT2D eigenvalue weighted by Crippen LogP contribution is 2.22. The van der Waals surface area contributed by atoms with Gasteiger partial charge in [-0.2, -0.15) is 0 Å². The van der Waals surface area contributed by atoms with Crippen molar-refractivity contribution in [3.8, 4) is 11.3 Å². The second-order valence-electron chi connectivity index (χ2n) is 3.36. The summed E-state index contributed by atoms with van der Waals surface area (Å²) < 4.78 is 4.93. The van der Waals surface area contributed by atoms with E-state index in [-0.39, 0.29) is 5.78 Å². The van der Waals surface area contributed by atoms with Crippen molar-refractivity contribution >= 4 is 17.5 Å². The van der Waals surface area contributed by atoms with Crippen LogP contribution in [-0.4, -0.2) is 17.2 Å². The Morgan fingerprint density at radius 3 is 2.50 bits per heavy atom. The maximum atomic E-state index is 11.1. The third kappa shape index (κ3) is 2.17. The lowest BCUT2D eigenvalue weighted by atomic mass is 10.1. The van der Waals surface area contributed by atoms with Gasteiger partial charge in [0.2, 0.25) is 5.76 Å². The van der Waals surface area contributed by atoms with Gasteiger partial charge in [-0.25, -0.2) is 0 Å². The Balaban J connectivity index is 2.31. The van der Waals surface area contributed by atoms with Crippen molar-refractivity contribution in [1.82, 2.24) is 5.16 Å². The van der Waals surface area contributed by atoms with E-state index < -0.39 is 0 Å². The first-order chi connectivity index (χ1) is 7.70. The topological polar surface area (TPSA) is 43.1 Å². The molecule has 0 aliphatic heterocycles. The standard InChI is InChI=1S/C12H11NO2S/c1-8(14)12-7-11(13-15-12)9-3-5-10(16-2)6-4-9/h3-7H,1-2H3. The number of thioether (sulfide) groups is 1. The number of hydrogen-bond donors (Lipinski definition) is 0. The highest BCUT2D eigenvalue weighted by Gasteiger charge is 2.09.